The molecule has 0 bridgehead atoms. The van der Waals surface area contributed by atoms with Gasteiger partial charge in [-0.25, -0.2) is 0 Å². The average molecular weight is 307 g/mol. The first-order valence-electron chi connectivity index (χ1n) is 9.21. The predicted octanol–water partition coefficient (Wildman–Crippen LogP) is 2.89. The van der Waals surface area contributed by atoms with Crippen molar-refractivity contribution in [3.63, 3.8) is 0 Å². The molecule has 22 heavy (non-hydrogen) atoms. The molecule has 3 rings (SSSR count). The largest absolute Gasteiger partial charge is 0.377 e. The number of hydrogen-bond acceptors (Lipinski definition) is 2. The zero-order valence-electron chi connectivity index (χ0n) is 14.8. The molecule has 0 aromatic rings. The van der Waals surface area contributed by atoms with Crippen molar-refractivity contribution in [2.24, 2.45) is 22.2 Å². The molecule has 126 valence electrons. The lowest BCUT2D eigenvalue weighted by molar-refractivity contribution is -0.188. The summed E-state index contributed by atoms with van der Waals surface area (Å²) in [5, 5.41) is 3.83. The molecular formula is C18H33N3O. The minimum atomic E-state index is 0.209. The third-order valence-corrected chi connectivity index (χ3v) is 5.88. The Morgan fingerprint density at radius 3 is 2.86 bits per heavy atom. The van der Waals surface area contributed by atoms with E-state index in [1.165, 1.54) is 25.7 Å². The summed E-state index contributed by atoms with van der Waals surface area (Å²) in [6.07, 6.45) is 5.57. The fourth-order valence-corrected chi connectivity index (χ4v) is 4.72. The predicted molar refractivity (Wildman–Crippen MR) is 91.1 cm³/mol. The van der Waals surface area contributed by atoms with E-state index in [0.717, 1.165) is 38.1 Å². The van der Waals surface area contributed by atoms with Gasteiger partial charge in [-0.1, -0.05) is 20.8 Å². The molecule has 2 aliphatic heterocycles. The van der Waals surface area contributed by atoms with Crippen LogP contribution in [0.5, 0.6) is 0 Å². The monoisotopic (exact) mass is 307 g/mol. The van der Waals surface area contributed by atoms with E-state index in [1.807, 2.05) is 0 Å². The van der Waals surface area contributed by atoms with Crippen LogP contribution in [-0.4, -0.2) is 49.2 Å². The highest BCUT2D eigenvalue weighted by atomic mass is 16.5. The van der Waals surface area contributed by atoms with Crippen molar-refractivity contribution in [3.8, 4) is 0 Å². The van der Waals surface area contributed by atoms with Crippen LogP contribution in [0.2, 0.25) is 0 Å². The van der Waals surface area contributed by atoms with Crippen LogP contribution in [0.1, 0.15) is 53.4 Å². The zero-order chi connectivity index (χ0) is 15.7. The third kappa shape index (κ3) is 2.86. The van der Waals surface area contributed by atoms with E-state index in [9.17, 15) is 0 Å². The van der Waals surface area contributed by atoms with Gasteiger partial charge in [0.05, 0.1) is 6.10 Å². The summed E-state index contributed by atoms with van der Waals surface area (Å²) in [4.78, 5) is 7.27. The lowest BCUT2D eigenvalue weighted by Crippen LogP contribution is -2.71. The summed E-state index contributed by atoms with van der Waals surface area (Å²) < 4.78 is 6.03. The highest BCUT2D eigenvalue weighted by molar-refractivity contribution is 5.80. The van der Waals surface area contributed by atoms with Crippen molar-refractivity contribution in [1.29, 1.82) is 0 Å². The van der Waals surface area contributed by atoms with Gasteiger partial charge in [0.15, 0.2) is 5.96 Å². The van der Waals surface area contributed by atoms with Crippen LogP contribution in [0.15, 0.2) is 4.99 Å². The van der Waals surface area contributed by atoms with E-state index in [0.29, 0.717) is 18.1 Å². The molecule has 0 amide bonds. The van der Waals surface area contributed by atoms with E-state index in [2.05, 4.69) is 37.9 Å². The minimum Gasteiger partial charge on any atom is -0.377 e. The molecular weight excluding hydrogens is 274 g/mol. The van der Waals surface area contributed by atoms with Crippen molar-refractivity contribution in [3.05, 3.63) is 0 Å². The number of ether oxygens (including phenoxy) is 1. The number of aliphatic imine (C=N–C) groups is 1. The van der Waals surface area contributed by atoms with E-state index < -0.39 is 0 Å². The van der Waals surface area contributed by atoms with E-state index >= 15 is 0 Å². The first-order chi connectivity index (χ1) is 10.5. The number of hydrogen-bond donors (Lipinski definition) is 1. The van der Waals surface area contributed by atoms with Crippen LogP contribution >= 0.6 is 0 Å². The van der Waals surface area contributed by atoms with Gasteiger partial charge in [0, 0.05) is 43.6 Å². The summed E-state index contributed by atoms with van der Waals surface area (Å²) in [6.45, 7) is 13.3. The fraction of sp³-hybridized carbons (Fsp3) is 0.944. The quantitative estimate of drug-likeness (QED) is 0.629. The number of rotatable bonds is 2. The molecule has 4 unspecified atom stereocenters. The summed E-state index contributed by atoms with van der Waals surface area (Å²) in [5.74, 6) is 2.57. The number of guanidine groups is 1. The maximum atomic E-state index is 6.03. The van der Waals surface area contributed by atoms with Crippen LogP contribution in [0.25, 0.3) is 0 Å². The van der Waals surface area contributed by atoms with Crippen LogP contribution in [0.3, 0.4) is 0 Å². The summed E-state index contributed by atoms with van der Waals surface area (Å²) in [5.41, 5.74) is 0.209. The maximum absolute atomic E-state index is 6.03. The SMILES string of the molecule is CCN=C(NC1C2CCCOC2C1(C)C)N1CCCC(C)C1. The second-order valence-electron chi connectivity index (χ2n) is 8.03. The van der Waals surface area contributed by atoms with Crippen LogP contribution in [0, 0.1) is 17.3 Å². The first-order valence-corrected chi connectivity index (χ1v) is 9.21. The maximum Gasteiger partial charge on any atom is 0.194 e. The Balaban J connectivity index is 1.69. The van der Waals surface area contributed by atoms with E-state index in [1.54, 1.807) is 0 Å². The normalized spacial score (nSPS) is 38.2. The zero-order valence-corrected chi connectivity index (χ0v) is 14.8. The van der Waals surface area contributed by atoms with Crippen molar-refractivity contribution in [1.82, 2.24) is 10.2 Å². The van der Waals surface area contributed by atoms with Gasteiger partial charge in [0.1, 0.15) is 0 Å². The van der Waals surface area contributed by atoms with Crippen LogP contribution in [0.4, 0.5) is 0 Å². The molecule has 0 aromatic heterocycles. The van der Waals surface area contributed by atoms with Gasteiger partial charge in [-0.3, -0.25) is 4.99 Å². The second-order valence-corrected chi connectivity index (χ2v) is 8.03. The number of fused-ring (bicyclic) bond motifs is 1. The van der Waals surface area contributed by atoms with E-state index in [-0.39, 0.29) is 5.41 Å². The van der Waals surface area contributed by atoms with Gasteiger partial charge >= 0.3 is 0 Å². The molecule has 2 saturated heterocycles. The average Bonchev–Trinajstić information content (AvgIpc) is 2.51. The van der Waals surface area contributed by atoms with Crippen molar-refractivity contribution >= 4 is 5.96 Å². The molecule has 3 aliphatic rings. The molecule has 3 fully saturated rings. The number of piperidine rings is 1. The van der Waals surface area contributed by atoms with Gasteiger partial charge in [-0.2, -0.15) is 0 Å². The van der Waals surface area contributed by atoms with Crippen molar-refractivity contribution in [2.45, 2.75) is 65.5 Å². The van der Waals surface area contributed by atoms with E-state index in [4.69, 9.17) is 9.73 Å². The fourth-order valence-electron chi connectivity index (χ4n) is 4.72. The second kappa shape index (κ2) is 6.38. The molecule has 0 radical (unpaired) electrons. The Labute approximate surface area is 135 Å². The Morgan fingerprint density at radius 2 is 2.14 bits per heavy atom. The number of nitrogens with one attached hydrogen (secondary N) is 1. The molecule has 1 aliphatic carbocycles. The van der Waals surface area contributed by atoms with Gasteiger partial charge < -0.3 is 15.0 Å². The molecule has 1 N–H and O–H groups in total. The summed E-state index contributed by atoms with van der Waals surface area (Å²) in [7, 11) is 0. The molecule has 0 spiro atoms. The molecule has 2 heterocycles. The summed E-state index contributed by atoms with van der Waals surface area (Å²) in [6, 6.07) is 0.500. The Bertz CT molecular complexity index is 421. The van der Waals surface area contributed by atoms with Gasteiger partial charge in [-0.15, -0.1) is 0 Å². The lowest BCUT2D eigenvalue weighted by atomic mass is 9.55. The highest BCUT2D eigenvalue weighted by Crippen LogP contribution is 2.51. The molecule has 0 aromatic carbocycles. The Kier molecular flexibility index (Phi) is 4.67. The van der Waals surface area contributed by atoms with Gasteiger partial charge in [-0.05, 0) is 38.5 Å². The van der Waals surface area contributed by atoms with Gasteiger partial charge in [0.2, 0.25) is 0 Å². The van der Waals surface area contributed by atoms with Crippen molar-refractivity contribution in [2.75, 3.05) is 26.2 Å². The molecule has 4 nitrogen and oxygen atoms in total. The standard InChI is InChI=1S/C18H33N3O/c1-5-19-17(21-10-6-8-13(2)12-21)20-15-14-9-7-11-22-16(14)18(15,3)4/h13-16H,5-12H2,1-4H3,(H,19,20). The Morgan fingerprint density at radius 1 is 1.32 bits per heavy atom. The van der Waals surface area contributed by atoms with Gasteiger partial charge in [0.25, 0.3) is 0 Å². The van der Waals surface area contributed by atoms with Crippen LogP contribution in [-0.2, 0) is 4.74 Å². The first kappa shape index (κ1) is 16.1. The molecule has 4 atom stereocenters. The molecule has 1 saturated carbocycles. The number of nitrogens with zero attached hydrogens (tertiary/aromatic N) is 2. The van der Waals surface area contributed by atoms with Crippen molar-refractivity contribution < 1.29 is 4.74 Å². The molecule has 4 heteroatoms. The third-order valence-electron chi connectivity index (χ3n) is 5.88. The number of likely N-dealkylation sites (tertiary alicyclic amines) is 1. The lowest BCUT2D eigenvalue weighted by Gasteiger charge is -2.60. The highest BCUT2D eigenvalue weighted by Gasteiger charge is 2.58. The van der Waals surface area contributed by atoms with Crippen LogP contribution < -0.4 is 5.32 Å². The smallest absolute Gasteiger partial charge is 0.194 e. The summed E-state index contributed by atoms with van der Waals surface area (Å²) >= 11 is 0. The minimum absolute atomic E-state index is 0.209. The Hall–Kier alpha value is -0.770. The topological polar surface area (TPSA) is 36.9 Å².